The van der Waals surface area contributed by atoms with Crippen LogP contribution in [0.3, 0.4) is 0 Å². The number of amides is 2. The molecule has 198 valence electrons. The topological polar surface area (TPSA) is 93.0 Å². The SMILES string of the molecule is CC1=CC(c2nnc3n2CCCC3)=CC=CC1NC(=O)c1cc2c(cc1F)CCN(C(=O)c1ccccn1)C2. The number of hydrogen-bond donors (Lipinski definition) is 1. The van der Waals surface area contributed by atoms with E-state index in [0.29, 0.717) is 25.2 Å². The lowest BCUT2D eigenvalue weighted by Crippen LogP contribution is -2.37. The van der Waals surface area contributed by atoms with Gasteiger partial charge in [0.05, 0.1) is 11.6 Å². The summed E-state index contributed by atoms with van der Waals surface area (Å²) in [4.78, 5) is 32.0. The molecule has 6 rings (SSSR count). The number of aromatic nitrogens is 4. The quantitative estimate of drug-likeness (QED) is 0.556. The number of hydrogen-bond acceptors (Lipinski definition) is 5. The van der Waals surface area contributed by atoms with Crippen LogP contribution in [0.2, 0.25) is 0 Å². The maximum absolute atomic E-state index is 15.1. The molecule has 8 nitrogen and oxygen atoms in total. The molecular weight excluding hydrogens is 495 g/mol. The average Bonchev–Trinajstić information content (AvgIpc) is 3.31. The fourth-order valence-electron chi connectivity index (χ4n) is 5.43. The Morgan fingerprint density at radius 3 is 2.82 bits per heavy atom. The molecule has 2 aromatic heterocycles. The van der Waals surface area contributed by atoms with Gasteiger partial charge in [0, 0.05) is 37.8 Å². The third-order valence-corrected chi connectivity index (χ3v) is 7.57. The highest BCUT2D eigenvalue weighted by Crippen LogP contribution is 2.26. The molecule has 1 unspecified atom stereocenters. The maximum atomic E-state index is 15.1. The van der Waals surface area contributed by atoms with E-state index in [2.05, 4.69) is 25.1 Å². The Bertz CT molecular complexity index is 1540. The van der Waals surface area contributed by atoms with Crippen molar-refractivity contribution in [2.24, 2.45) is 0 Å². The third-order valence-electron chi connectivity index (χ3n) is 7.57. The summed E-state index contributed by atoms with van der Waals surface area (Å²) >= 11 is 0. The van der Waals surface area contributed by atoms with Gasteiger partial charge in [-0.1, -0.05) is 24.3 Å². The number of fused-ring (bicyclic) bond motifs is 2. The van der Waals surface area contributed by atoms with Crippen molar-refractivity contribution in [3.63, 3.8) is 0 Å². The van der Waals surface area contributed by atoms with Gasteiger partial charge in [0.25, 0.3) is 11.8 Å². The van der Waals surface area contributed by atoms with Gasteiger partial charge in [-0.2, -0.15) is 0 Å². The fraction of sp³-hybridized carbons (Fsp3) is 0.300. The molecule has 1 aromatic carbocycles. The van der Waals surface area contributed by atoms with Crippen molar-refractivity contribution < 1.29 is 14.0 Å². The summed E-state index contributed by atoms with van der Waals surface area (Å²) in [5.41, 5.74) is 3.74. The first kappa shape index (κ1) is 24.9. The highest BCUT2D eigenvalue weighted by Gasteiger charge is 2.26. The lowest BCUT2D eigenvalue weighted by molar-refractivity contribution is 0.0728. The second-order valence-electron chi connectivity index (χ2n) is 10.2. The van der Waals surface area contributed by atoms with Crippen molar-refractivity contribution in [3.05, 3.63) is 106 Å². The number of nitrogens with one attached hydrogen (secondary N) is 1. The molecule has 3 aliphatic rings. The summed E-state index contributed by atoms with van der Waals surface area (Å²) < 4.78 is 17.2. The molecule has 0 fully saturated rings. The van der Waals surface area contributed by atoms with E-state index in [1.54, 1.807) is 35.4 Å². The van der Waals surface area contributed by atoms with Crippen molar-refractivity contribution in [3.8, 4) is 0 Å². The van der Waals surface area contributed by atoms with E-state index in [0.717, 1.165) is 59.7 Å². The van der Waals surface area contributed by atoms with Gasteiger partial charge in [0.15, 0.2) is 5.82 Å². The highest BCUT2D eigenvalue weighted by molar-refractivity contribution is 5.96. The third kappa shape index (κ3) is 4.92. The molecule has 1 atom stereocenters. The van der Waals surface area contributed by atoms with E-state index in [1.165, 1.54) is 6.07 Å². The monoisotopic (exact) mass is 524 g/mol. The summed E-state index contributed by atoms with van der Waals surface area (Å²) in [7, 11) is 0. The molecule has 0 spiro atoms. The second kappa shape index (κ2) is 10.4. The van der Waals surface area contributed by atoms with E-state index >= 15 is 4.39 Å². The Balaban J connectivity index is 1.19. The van der Waals surface area contributed by atoms with Crippen LogP contribution in [0, 0.1) is 5.82 Å². The van der Waals surface area contributed by atoms with Gasteiger partial charge in [0.1, 0.15) is 17.3 Å². The summed E-state index contributed by atoms with van der Waals surface area (Å²) in [6, 6.07) is 7.79. The minimum atomic E-state index is -0.566. The Labute approximate surface area is 226 Å². The number of aryl methyl sites for hydroxylation is 1. The van der Waals surface area contributed by atoms with Crippen LogP contribution in [-0.2, 0) is 25.9 Å². The van der Waals surface area contributed by atoms with Crippen LogP contribution in [0.1, 0.15) is 63.4 Å². The van der Waals surface area contributed by atoms with E-state index in [-0.39, 0.29) is 11.5 Å². The van der Waals surface area contributed by atoms with Crippen molar-refractivity contribution in [1.82, 2.24) is 30.0 Å². The molecule has 3 aromatic rings. The second-order valence-corrected chi connectivity index (χ2v) is 10.2. The molecule has 0 radical (unpaired) electrons. The largest absolute Gasteiger partial charge is 0.342 e. The van der Waals surface area contributed by atoms with Gasteiger partial charge in [-0.3, -0.25) is 14.6 Å². The van der Waals surface area contributed by atoms with Crippen LogP contribution in [0.5, 0.6) is 0 Å². The molecule has 0 bridgehead atoms. The van der Waals surface area contributed by atoms with Crippen LogP contribution in [0.4, 0.5) is 4.39 Å². The van der Waals surface area contributed by atoms with E-state index < -0.39 is 17.8 Å². The van der Waals surface area contributed by atoms with E-state index in [4.69, 9.17) is 0 Å². The summed E-state index contributed by atoms with van der Waals surface area (Å²) in [5, 5.41) is 11.7. The molecule has 4 heterocycles. The molecular formula is C30H29FN6O2. The van der Waals surface area contributed by atoms with Gasteiger partial charge in [-0.15, -0.1) is 10.2 Å². The molecule has 1 N–H and O–H groups in total. The number of rotatable bonds is 4. The fourth-order valence-corrected chi connectivity index (χ4v) is 5.43. The highest BCUT2D eigenvalue weighted by atomic mass is 19.1. The van der Waals surface area contributed by atoms with Crippen molar-refractivity contribution >= 4 is 17.4 Å². The molecule has 9 heteroatoms. The number of halogens is 1. The van der Waals surface area contributed by atoms with E-state index in [9.17, 15) is 9.59 Å². The lowest BCUT2D eigenvalue weighted by Gasteiger charge is -2.29. The number of carbonyl (C=O) groups excluding carboxylic acids is 2. The van der Waals surface area contributed by atoms with Gasteiger partial charge < -0.3 is 14.8 Å². The maximum Gasteiger partial charge on any atom is 0.272 e. The molecule has 2 aliphatic heterocycles. The van der Waals surface area contributed by atoms with Crippen molar-refractivity contribution in [1.29, 1.82) is 0 Å². The first-order valence-electron chi connectivity index (χ1n) is 13.3. The van der Waals surface area contributed by atoms with Crippen LogP contribution in [-0.4, -0.2) is 49.0 Å². The molecule has 0 saturated heterocycles. The van der Waals surface area contributed by atoms with Gasteiger partial charge in [0.2, 0.25) is 0 Å². The Kier molecular flexibility index (Phi) is 6.64. The number of allylic oxidation sites excluding steroid dienone is 4. The van der Waals surface area contributed by atoms with Gasteiger partial charge >= 0.3 is 0 Å². The molecule has 1 aliphatic carbocycles. The van der Waals surface area contributed by atoms with Crippen molar-refractivity contribution in [2.45, 2.75) is 51.7 Å². The number of carbonyl (C=O) groups is 2. The molecule has 39 heavy (non-hydrogen) atoms. The zero-order chi connectivity index (χ0) is 26.9. The van der Waals surface area contributed by atoms with Crippen LogP contribution < -0.4 is 5.32 Å². The summed E-state index contributed by atoms with van der Waals surface area (Å²) in [6.07, 6.45) is 13.0. The van der Waals surface area contributed by atoms with Crippen LogP contribution in [0.15, 0.2) is 66.4 Å². The van der Waals surface area contributed by atoms with Gasteiger partial charge in [-0.05, 0) is 73.2 Å². The first-order valence-corrected chi connectivity index (χ1v) is 13.3. The zero-order valence-corrected chi connectivity index (χ0v) is 21.7. The smallest absolute Gasteiger partial charge is 0.272 e. The zero-order valence-electron chi connectivity index (χ0n) is 21.7. The minimum Gasteiger partial charge on any atom is -0.342 e. The normalized spacial score (nSPS) is 18.4. The molecule has 2 amide bonds. The summed E-state index contributed by atoms with van der Waals surface area (Å²) in [6.45, 7) is 3.60. The van der Waals surface area contributed by atoms with Crippen LogP contribution >= 0.6 is 0 Å². The predicted octanol–water partition coefficient (Wildman–Crippen LogP) is 4.05. The Morgan fingerprint density at radius 1 is 1.08 bits per heavy atom. The number of nitrogens with zero attached hydrogens (tertiary/aromatic N) is 5. The Hall–Kier alpha value is -4.40. The average molecular weight is 525 g/mol. The van der Waals surface area contributed by atoms with Crippen LogP contribution in [0.25, 0.3) is 5.57 Å². The summed E-state index contributed by atoms with van der Waals surface area (Å²) in [5.74, 6) is 0.576. The standard InChI is InChI=1S/C30H29FN6O2/c1-19-15-21(28-35-34-27-10-3-5-13-37(27)28)7-6-9-25(19)33-29(38)23-16-22-18-36(14-11-20(22)17-24(23)31)30(39)26-8-2-4-12-32-26/h2,4,6-9,12,15-17,25H,3,5,10-11,13-14,18H2,1H3,(H,33,38). The van der Waals surface area contributed by atoms with E-state index in [1.807, 2.05) is 31.2 Å². The number of pyridine rings is 1. The lowest BCUT2D eigenvalue weighted by atomic mass is 9.96. The van der Waals surface area contributed by atoms with Crippen molar-refractivity contribution in [2.75, 3.05) is 6.54 Å². The first-order chi connectivity index (χ1) is 19.0. The minimum absolute atomic E-state index is 0.0361. The number of benzene rings is 1. The van der Waals surface area contributed by atoms with Gasteiger partial charge in [-0.25, -0.2) is 4.39 Å². The Morgan fingerprint density at radius 2 is 1.97 bits per heavy atom. The molecule has 0 saturated carbocycles. The predicted molar refractivity (Wildman–Crippen MR) is 144 cm³/mol.